The molecule has 5 atom stereocenters. The van der Waals surface area contributed by atoms with Crippen LogP contribution >= 0.6 is 0 Å². The van der Waals surface area contributed by atoms with Crippen LogP contribution in [-0.2, 0) is 9.47 Å². The molecule has 3 heterocycles. The van der Waals surface area contributed by atoms with Crippen LogP contribution in [0.4, 0.5) is 0 Å². The topological polar surface area (TPSA) is 119 Å². The molecule has 3 aliphatic rings. The molecule has 0 bridgehead atoms. The van der Waals surface area contributed by atoms with Gasteiger partial charge in [0.15, 0.2) is 10.8 Å². The minimum absolute atomic E-state index is 0.192. The van der Waals surface area contributed by atoms with Gasteiger partial charge in [-0.05, 0) is 19.1 Å². The average Bonchev–Trinajstić information content (AvgIpc) is 2.87. The third-order valence-electron chi connectivity index (χ3n) is 4.72. The van der Waals surface area contributed by atoms with Crippen molar-refractivity contribution in [3.63, 3.8) is 0 Å². The molecule has 21 heavy (non-hydrogen) atoms. The second kappa shape index (κ2) is 3.45. The summed E-state index contributed by atoms with van der Waals surface area (Å²) in [6, 6.07) is 7.88. The second-order valence-corrected chi connectivity index (χ2v) is 5.68. The number of hydrogen-bond acceptors (Lipinski definition) is 6. The van der Waals surface area contributed by atoms with Crippen LogP contribution in [0.2, 0.25) is 0 Å². The lowest BCUT2D eigenvalue weighted by Crippen LogP contribution is -2.90. The van der Waals surface area contributed by atoms with E-state index in [0.717, 1.165) is 0 Å². The van der Waals surface area contributed by atoms with E-state index in [0.29, 0.717) is 12.4 Å². The standard InChI is InChI=1S/C14H12N4O3/c1-8-5-20-14(21-8)13(7-16)10(9-3-2-4-19-9)12(13,6-15)11(17)18-14/h2-4,8,10H,5H2,1H3,(H2,17,18)/p+1/t8-,10-,12-,13-,14-/m1/s1. The third kappa shape index (κ3) is 1.03. The number of nitrogens with zero attached hydrogens (tertiary/aromatic N) is 2. The minimum Gasteiger partial charge on any atom is -0.469 e. The lowest BCUT2D eigenvalue weighted by atomic mass is 9.94. The van der Waals surface area contributed by atoms with Gasteiger partial charge in [-0.2, -0.15) is 10.5 Å². The van der Waals surface area contributed by atoms with Crippen molar-refractivity contribution in [3.05, 3.63) is 24.2 Å². The highest BCUT2D eigenvalue weighted by atomic mass is 16.8. The van der Waals surface area contributed by atoms with Crippen LogP contribution in [0.15, 0.2) is 22.8 Å². The summed E-state index contributed by atoms with van der Waals surface area (Å²) in [6.07, 6.45) is 1.32. The molecule has 4 rings (SSSR count). The monoisotopic (exact) mass is 285 g/mol. The number of hydrogen-bond donors (Lipinski definition) is 2. The highest BCUT2D eigenvalue weighted by molar-refractivity contribution is 5.95. The molecule has 1 aliphatic carbocycles. The van der Waals surface area contributed by atoms with E-state index in [1.165, 1.54) is 6.26 Å². The van der Waals surface area contributed by atoms with Crippen molar-refractivity contribution in [1.82, 2.24) is 0 Å². The zero-order chi connectivity index (χ0) is 14.9. The number of nitrogens with two attached hydrogens (primary N) is 1. The molecular formula is C14H13N4O3+. The van der Waals surface area contributed by atoms with Gasteiger partial charge < -0.3 is 13.9 Å². The maximum Gasteiger partial charge on any atom is 0.343 e. The van der Waals surface area contributed by atoms with Crippen molar-refractivity contribution in [1.29, 1.82) is 10.5 Å². The van der Waals surface area contributed by atoms with Crippen LogP contribution in [0.1, 0.15) is 18.6 Å². The summed E-state index contributed by atoms with van der Waals surface area (Å²) in [6.45, 7) is 2.17. The largest absolute Gasteiger partial charge is 0.469 e. The van der Waals surface area contributed by atoms with Crippen molar-refractivity contribution in [2.45, 2.75) is 24.9 Å². The molecule has 0 radical (unpaired) electrons. The van der Waals surface area contributed by atoms with E-state index in [4.69, 9.17) is 19.6 Å². The number of furan rings is 1. The Morgan fingerprint density at radius 2 is 2.24 bits per heavy atom. The molecule has 2 aliphatic heterocycles. The fourth-order valence-corrected chi connectivity index (χ4v) is 3.85. The van der Waals surface area contributed by atoms with E-state index < -0.39 is 22.7 Å². The molecule has 1 aromatic rings. The zero-order valence-electron chi connectivity index (χ0n) is 11.3. The molecule has 1 aromatic heterocycles. The number of rotatable bonds is 1. The lowest BCUT2D eigenvalue weighted by molar-refractivity contribution is -0.678. The van der Waals surface area contributed by atoms with E-state index >= 15 is 0 Å². The average molecular weight is 285 g/mol. The van der Waals surface area contributed by atoms with Gasteiger partial charge in [0.1, 0.15) is 5.76 Å². The maximum atomic E-state index is 9.85. The van der Waals surface area contributed by atoms with Gasteiger partial charge in [0.05, 0.1) is 37.0 Å². The first-order chi connectivity index (χ1) is 10.1. The summed E-state index contributed by atoms with van der Waals surface area (Å²) in [5.74, 6) is -1.17. The molecule has 7 heteroatoms. The van der Waals surface area contributed by atoms with Crippen molar-refractivity contribution < 1.29 is 18.9 Å². The summed E-state index contributed by atoms with van der Waals surface area (Å²) < 4.78 is 17.0. The van der Waals surface area contributed by atoms with E-state index in [1.807, 2.05) is 6.92 Å². The number of amidine groups is 1. The van der Waals surface area contributed by atoms with E-state index in [9.17, 15) is 10.5 Å². The van der Waals surface area contributed by atoms with Crippen molar-refractivity contribution in [3.8, 4) is 12.1 Å². The Balaban J connectivity index is 1.94. The Bertz CT molecular complexity index is 730. The summed E-state index contributed by atoms with van der Waals surface area (Å²) in [4.78, 5) is 2.90. The molecule has 0 unspecified atom stereocenters. The first kappa shape index (κ1) is 12.4. The van der Waals surface area contributed by atoms with Crippen LogP contribution < -0.4 is 10.7 Å². The predicted octanol–water partition coefficient (Wildman–Crippen LogP) is -1.06. The zero-order valence-corrected chi connectivity index (χ0v) is 11.3. The summed E-state index contributed by atoms with van der Waals surface area (Å²) >= 11 is 0. The number of nitrogens with one attached hydrogen (secondary N) is 1. The van der Waals surface area contributed by atoms with Gasteiger partial charge in [-0.15, -0.1) is 0 Å². The molecule has 7 nitrogen and oxygen atoms in total. The van der Waals surface area contributed by atoms with Crippen LogP contribution in [0.25, 0.3) is 0 Å². The smallest absolute Gasteiger partial charge is 0.343 e. The molecule has 1 spiro atoms. The molecule has 0 aromatic carbocycles. The van der Waals surface area contributed by atoms with Crippen molar-refractivity contribution in [2.24, 2.45) is 16.6 Å². The lowest BCUT2D eigenvalue weighted by Gasteiger charge is -2.23. The van der Waals surface area contributed by atoms with Crippen LogP contribution in [-0.4, -0.2) is 24.5 Å². The van der Waals surface area contributed by atoms with Gasteiger partial charge in [-0.3, -0.25) is 5.73 Å². The molecule has 0 amide bonds. The van der Waals surface area contributed by atoms with Gasteiger partial charge >= 0.3 is 5.91 Å². The Morgan fingerprint density at radius 3 is 2.76 bits per heavy atom. The Morgan fingerprint density at radius 1 is 1.43 bits per heavy atom. The van der Waals surface area contributed by atoms with Gasteiger partial charge in [-0.25, -0.2) is 4.99 Å². The Kier molecular flexibility index (Phi) is 2.04. The molecular weight excluding hydrogens is 272 g/mol. The fourth-order valence-electron chi connectivity index (χ4n) is 3.85. The van der Waals surface area contributed by atoms with Crippen molar-refractivity contribution >= 4 is 5.84 Å². The minimum atomic E-state index is -1.39. The Hall–Kier alpha value is -2.35. The Labute approximate surface area is 120 Å². The molecule has 3 N–H and O–H groups in total. The predicted molar refractivity (Wildman–Crippen MR) is 66.9 cm³/mol. The number of nitriles is 2. The number of fused-ring (bicyclic) bond motifs is 2. The van der Waals surface area contributed by atoms with E-state index in [-0.39, 0.29) is 11.9 Å². The van der Waals surface area contributed by atoms with Crippen LogP contribution in [0, 0.1) is 33.5 Å². The van der Waals surface area contributed by atoms with Gasteiger partial charge in [0, 0.05) is 0 Å². The van der Waals surface area contributed by atoms with Gasteiger partial charge in [-0.1, -0.05) is 0 Å². The first-order valence-corrected chi connectivity index (χ1v) is 6.67. The summed E-state index contributed by atoms with van der Waals surface area (Å²) in [7, 11) is 0. The quantitative estimate of drug-likeness (QED) is 0.678. The van der Waals surface area contributed by atoms with Crippen LogP contribution in [0.3, 0.4) is 0 Å². The molecule has 1 saturated carbocycles. The van der Waals surface area contributed by atoms with E-state index in [1.54, 1.807) is 12.1 Å². The number of ether oxygens (including phenoxy) is 2. The molecule has 1 saturated heterocycles. The molecule has 2 fully saturated rings. The highest BCUT2D eigenvalue weighted by Gasteiger charge is 2.98. The van der Waals surface area contributed by atoms with E-state index in [2.05, 4.69) is 17.1 Å². The highest BCUT2D eigenvalue weighted by Crippen LogP contribution is 2.79. The van der Waals surface area contributed by atoms with Gasteiger partial charge in [0.25, 0.3) is 5.84 Å². The second-order valence-electron chi connectivity index (χ2n) is 5.68. The van der Waals surface area contributed by atoms with Gasteiger partial charge in [0.2, 0.25) is 0 Å². The summed E-state index contributed by atoms with van der Waals surface area (Å²) in [5, 5.41) is 19.6. The first-order valence-electron chi connectivity index (χ1n) is 6.67. The third-order valence-corrected chi connectivity index (χ3v) is 4.72. The normalized spacial score (nSPS) is 46.7. The summed E-state index contributed by atoms with van der Waals surface area (Å²) in [5.41, 5.74) is 3.60. The maximum absolute atomic E-state index is 9.85. The van der Waals surface area contributed by atoms with Crippen molar-refractivity contribution in [2.75, 3.05) is 6.61 Å². The van der Waals surface area contributed by atoms with Crippen LogP contribution in [0.5, 0.6) is 0 Å². The fraction of sp³-hybridized carbons (Fsp3) is 0.500. The SMILES string of the molecule is C[C@@H]1CO[C@@]2([NH+]=C(N)[C@@]3(C#N)[C@@H](c4ccco4)[C@@]23C#N)O1. The molecule has 106 valence electrons.